The van der Waals surface area contributed by atoms with Gasteiger partial charge in [0.15, 0.2) is 0 Å². The monoisotopic (exact) mass is 262 g/mol. The summed E-state index contributed by atoms with van der Waals surface area (Å²) < 4.78 is 6.64. The lowest BCUT2D eigenvalue weighted by molar-refractivity contribution is 0.484. The van der Waals surface area contributed by atoms with Gasteiger partial charge in [-0.2, -0.15) is 4.98 Å². The van der Waals surface area contributed by atoms with Gasteiger partial charge >= 0.3 is 5.69 Å². The van der Waals surface area contributed by atoms with Gasteiger partial charge in [0, 0.05) is 13.1 Å². The van der Waals surface area contributed by atoms with Crippen LogP contribution >= 0.6 is 0 Å². The summed E-state index contributed by atoms with van der Waals surface area (Å²) in [6, 6.07) is 3.60. The highest BCUT2D eigenvalue weighted by Gasteiger charge is 2.09. The highest BCUT2D eigenvalue weighted by atomic mass is 16.3. The van der Waals surface area contributed by atoms with Crippen molar-refractivity contribution in [1.82, 2.24) is 14.5 Å². The van der Waals surface area contributed by atoms with Crippen LogP contribution in [0.3, 0.4) is 0 Å². The van der Waals surface area contributed by atoms with E-state index in [1.54, 1.807) is 12.3 Å². The number of aromatic nitrogens is 3. The van der Waals surface area contributed by atoms with Crippen molar-refractivity contribution in [2.75, 3.05) is 18.0 Å². The number of hydrogen-bond acceptors (Lipinski definition) is 5. The lowest BCUT2D eigenvalue weighted by Crippen LogP contribution is -2.31. The van der Waals surface area contributed by atoms with E-state index in [9.17, 15) is 4.79 Å². The third-order valence-electron chi connectivity index (χ3n) is 2.82. The molecule has 0 aliphatic rings. The van der Waals surface area contributed by atoms with Crippen LogP contribution in [0.1, 0.15) is 26.0 Å². The Labute approximate surface area is 111 Å². The molecule has 19 heavy (non-hydrogen) atoms. The second-order valence-corrected chi connectivity index (χ2v) is 4.23. The molecule has 0 fully saturated rings. The van der Waals surface area contributed by atoms with E-state index in [2.05, 4.69) is 16.9 Å². The predicted molar refractivity (Wildman–Crippen MR) is 72.3 cm³/mol. The van der Waals surface area contributed by atoms with Crippen LogP contribution in [0.25, 0.3) is 0 Å². The quantitative estimate of drug-likeness (QED) is 0.789. The van der Waals surface area contributed by atoms with Crippen LogP contribution in [0.15, 0.2) is 33.9 Å². The Balaban J connectivity index is 2.19. The first-order chi connectivity index (χ1) is 9.24. The molecular weight excluding hydrogens is 244 g/mol. The fraction of sp³-hybridized carbons (Fsp3) is 0.462. The maximum absolute atomic E-state index is 11.9. The molecule has 6 heteroatoms. The van der Waals surface area contributed by atoms with E-state index in [-0.39, 0.29) is 5.69 Å². The van der Waals surface area contributed by atoms with E-state index in [0.717, 1.165) is 19.5 Å². The van der Waals surface area contributed by atoms with Crippen LogP contribution in [0, 0.1) is 0 Å². The molecule has 0 N–H and O–H groups in total. The molecule has 2 aromatic heterocycles. The van der Waals surface area contributed by atoms with Crippen molar-refractivity contribution in [3.63, 3.8) is 0 Å². The van der Waals surface area contributed by atoms with Gasteiger partial charge in [0.1, 0.15) is 12.1 Å². The molecule has 2 rings (SSSR count). The Morgan fingerprint density at radius 3 is 2.84 bits per heavy atom. The topological polar surface area (TPSA) is 64.2 Å². The Bertz CT molecular complexity index is 562. The number of anilines is 1. The molecule has 2 aromatic rings. The zero-order valence-corrected chi connectivity index (χ0v) is 11.2. The molecule has 0 bridgehead atoms. The fourth-order valence-corrected chi connectivity index (χ4v) is 1.85. The molecule has 0 saturated heterocycles. The van der Waals surface area contributed by atoms with E-state index < -0.39 is 0 Å². The molecule has 0 saturated carbocycles. The summed E-state index contributed by atoms with van der Waals surface area (Å²) in [6.45, 7) is 6.09. The van der Waals surface area contributed by atoms with E-state index in [1.165, 1.54) is 10.9 Å². The maximum atomic E-state index is 11.9. The van der Waals surface area contributed by atoms with Crippen molar-refractivity contribution in [2.24, 2.45) is 0 Å². The van der Waals surface area contributed by atoms with Crippen molar-refractivity contribution < 1.29 is 4.42 Å². The average molecular weight is 262 g/mol. The van der Waals surface area contributed by atoms with Crippen molar-refractivity contribution in [2.45, 2.75) is 26.8 Å². The summed E-state index contributed by atoms with van der Waals surface area (Å²) in [6.07, 6.45) is 4.09. The minimum atomic E-state index is -0.309. The zero-order valence-electron chi connectivity index (χ0n) is 11.2. The van der Waals surface area contributed by atoms with Gasteiger partial charge in [0.05, 0.1) is 12.8 Å². The number of rotatable bonds is 6. The van der Waals surface area contributed by atoms with E-state index in [0.29, 0.717) is 18.3 Å². The molecule has 0 spiro atoms. The van der Waals surface area contributed by atoms with Crippen LogP contribution < -0.4 is 10.6 Å². The molecule has 0 unspecified atom stereocenters. The van der Waals surface area contributed by atoms with Gasteiger partial charge in [-0.05, 0) is 25.5 Å². The molecule has 0 aliphatic carbocycles. The average Bonchev–Trinajstić information content (AvgIpc) is 2.91. The van der Waals surface area contributed by atoms with Gasteiger partial charge < -0.3 is 9.32 Å². The Morgan fingerprint density at radius 2 is 2.26 bits per heavy atom. The standard InChI is InChI=1S/C13H18N4O2/c1-3-7-16(4-2)12-14-10-17(13(18)15-12)9-11-6-5-8-19-11/h5-6,8,10H,3-4,7,9H2,1-2H3. The van der Waals surface area contributed by atoms with Gasteiger partial charge in [-0.3, -0.25) is 4.57 Å². The van der Waals surface area contributed by atoms with Gasteiger partial charge in [0.25, 0.3) is 0 Å². The van der Waals surface area contributed by atoms with Crippen LogP contribution in [-0.4, -0.2) is 27.6 Å². The third kappa shape index (κ3) is 3.21. The first-order valence-electron chi connectivity index (χ1n) is 6.45. The van der Waals surface area contributed by atoms with Crippen LogP contribution in [0.5, 0.6) is 0 Å². The maximum Gasteiger partial charge on any atom is 0.352 e. The lowest BCUT2D eigenvalue weighted by Gasteiger charge is -2.19. The smallest absolute Gasteiger partial charge is 0.352 e. The first-order valence-corrected chi connectivity index (χ1v) is 6.45. The second-order valence-electron chi connectivity index (χ2n) is 4.23. The molecular formula is C13H18N4O2. The van der Waals surface area contributed by atoms with Crippen molar-refractivity contribution in [1.29, 1.82) is 0 Å². The number of hydrogen-bond donors (Lipinski definition) is 0. The zero-order chi connectivity index (χ0) is 13.7. The van der Waals surface area contributed by atoms with Crippen LogP contribution in [-0.2, 0) is 6.54 Å². The van der Waals surface area contributed by atoms with Gasteiger partial charge in [-0.25, -0.2) is 9.78 Å². The molecule has 0 amide bonds. The highest BCUT2D eigenvalue weighted by molar-refractivity contribution is 5.26. The van der Waals surface area contributed by atoms with E-state index >= 15 is 0 Å². The van der Waals surface area contributed by atoms with E-state index in [1.807, 2.05) is 17.9 Å². The van der Waals surface area contributed by atoms with Crippen molar-refractivity contribution >= 4 is 5.95 Å². The summed E-state index contributed by atoms with van der Waals surface area (Å²) >= 11 is 0. The highest BCUT2D eigenvalue weighted by Crippen LogP contribution is 2.05. The molecule has 0 aromatic carbocycles. The van der Waals surface area contributed by atoms with Crippen LogP contribution in [0.4, 0.5) is 5.95 Å². The summed E-state index contributed by atoms with van der Waals surface area (Å²) in [5, 5.41) is 0. The van der Waals surface area contributed by atoms with Crippen LogP contribution in [0.2, 0.25) is 0 Å². The Morgan fingerprint density at radius 1 is 1.42 bits per heavy atom. The fourth-order valence-electron chi connectivity index (χ4n) is 1.85. The summed E-state index contributed by atoms with van der Waals surface area (Å²) in [4.78, 5) is 22.2. The summed E-state index contributed by atoms with van der Waals surface area (Å²) in [5.74, 6) is 1.20. The normalized spacial score (nSPS) is 10.6. The summed E-state index contributed by atoms with van der Waals surface area (Å²) in [5.41, 5.74) is -0.309. The van der Waals surface area contributed by atoms with Crippen molar-refractivity contribution in [3.05, 3.63) is 41.0 Å². The Kier molecular flexibility index (Phi) is 4.33. The molecule has 0 radical (unpaired) electrons. The predicted octanol–water partition coefficient (Wildman–Crippen LogP) is 1.52. The minimum Gasteiger partial charge on any atom is -0.467 e. The lowest BCUT2D eigenvalue weighted by atomic mass is 10.4. The van der Waals surface area contributed by atoms with E-state index in [4.69, 9.17) is 4.42 Å². The van der Waals surface area contributed by atoms with Gasteiger partial charge in [0.2, 0.25) is 5.95 Å². The molecule has 0 aliphatic heterocycles. The molecule has 6 nitrogen and oxygen atoms in total. The van der Waals surface area contributed by atoms with Crippen molar-refractivity contribution in [3.8, 4) is 0 Å². The molecule has 2 heterocycles. The van der Waals surface area contributed by atoms with Gasteiger partial charge in [-0.15, -0.1) is 0 Å². The number of furan rings is 1. The molecule has 0 atom stereocenters. The number of nitrogens with zero attached hydrogens (tertiary/aromatic N) is 4. The third-order valence-corrected chi connectivity index (χ3v) is 2.82. The summed E-state index contributed by atoms with van der Waals surface area (Å²) in [7, 11) is 0. The first kappa shape index (κ1) is 13.3. The largest absolute Gasteiger partial charge is 0.467 e. The molecule has 102 valence electrons. The second kappa shape index (κ2) is 6.17. The SMILES string of the molecule is CCCN(CC)c1ncn(Cc2ccco2)c(=O)n1. The minimum absolute atomic E-state index is 0.309. The van der Waals surface area contributed by atoms with Gasteiger partial charge in [-0.1, -0.05) is 6.92 Å². The Hall–Kier alpha value is -2.11.